The fourth-order valence-corrected chi connectivity index (χ4v) is 4.58. The lowest BCUT2D eigenvalue weighted by molar-refractivity contribution is 0.126. The van der Waals surface area contributed by atoms with Gasteiger partial charge in [-0.05, 0) is 59.0 Å². The van der Waals surface area contributed by atoms with Gasteiger partial charge in [0.05, 0.1) is 0 Å². The second kappa shape index (κ2) is 8.16. The Kier molecular flexibility index (Phi) is 5.60. The largest absolute Gasteiger partial charge is 0.376 e. The SMILES string of the molecule is Cc1cc(Br)cc(-c2ccc(Cl)cc2C(O)(c2ccccc2)c2ccccc2)c1. The summed E-state index contributed by atoms with van der Waals surface area (Å²) in [6.45, 7) is 2.06. The van der Waals surface area contributed by atoms with Crippen molar-refractivity contribution in [3.05, 3.63) is 129 Å². The van der Waals surface area contributed by atoms with E-state index in [1.807, 2.05) is 78.9 Å². The maximum Gasteiger partial charge on any atom is 0.141 e. The van der Waals surface area contributed by atoms with Gasteiger partial charge in [-0.25, -0.2) is 0 Å². The molecule has 0 aliphatic rings. The van der Waals surface area contributed by atoms with Crippen molar-refractivity contribution in [2.45, 2.75) is 12.5 Å². The summed E-state index contributed by atoms with van der Waals surface area (Å²) in [7, 11) is 0. The average molecular weight is 464 g/mol. The summed E-state index contributed by atoms with van der Waals surface area (Å²) >= 11 is 10.0. The molecular weight excluding hydrogens is 444 g/mol. The average Bonchev–Trinajstić information content (AvgIpc) is 2.73. The Bertz CT molecular complexity index is 1080. The second-order valence-corrected chi connectivity index (χ2v) is 8.50. The van der Waals surface area contributed by atoms with E-state index in [1.165, 1.54) is 0 Å². The van der Waals surface area contributed by atoms with Crippen molar-refractivity contribution in [3.8, 4) is 11.1 Å². The van der Waals surface area contributed by atoms with Crippen LogP contribution >= 0.6 is 27.5 Å². The van der Waals surface area contributed by atoms with Crippen LogP contribution in [0.15, 0.2) is 102 Å². The van der Waals surface area contributed by atoms with Gasteiger partial charge < -0.3 is 5.11 Å². The van der Waals surface area contributed by atoms with Crippen molar-refractivity contribution in [1.82, 2.24) is 0 Å². The van der Waals surface area contributed by atoms with Gasteiger partial charge in [-0.2, -0.15) is 0 Å². The lowest BCUT2D eigenvalue weighted by Crippen LogP contribution is -2.29. The van der Waals surface area contributed by atoms with E-state index < -0.39 is 5.60 Å². The van der Waals surface area contributed by atoms with Crippen LogP contribution in [0.5, 0.6) is 0 Å². The summed E-state index contributed by atoms with van der Waals surface area (Å²) in [6.07, 6.45) is 0. The highest BCUT2D eigenvalue weighted by Gasteiger charge is 2.36. The lowest BCUT2D eigenvalue weighted by atomic mass is 9.77. The van der Waals surface area contributed by atoms with Crippen LogP contribution in [0.25, 0.3) is 11.1 Å². The van der Waals surface area contributed by atoms with Gasteiger partial charge in [0, 0.05) is 15.1 Å². The van der Waals surface area contributed by atoms with Crippen LogP contribution in [0.4, 0.5) is 0 Å². The van der Waals surface area contributed by atoms with Crippen LogP contribution in [0.2, 0.25) is 5.02 Å². The van der Waals surface area contributed by atoms with Gasteiger partial charge in [-0.15, -0.1) is 0 Å². The van der Waals surface area contributed by atoms with Gasteiger partial charge in [-0.3, -0.25) is 0 Å². The summed E-state index contributed by atoms with van der Waals surface area (Å²) in [6, 6.07) is 31.4. The van der Waals surface area contributed by atoms with Gasteiger partial charge in [0.25, 0.3) is 0 Å². The molecule has 4 aromatic carbocycles. The van der Waals surface area contributed by atoms with Crippen LogP contribution < -0.4 is 0 Å². The van der Waals surface area contributed by atoms with Gasteiger partial charge in [0.15, 0.2) is 0 Å². The summed E-state index contributed by atoms with van der Waals surface area (Å²) < 4.78 is 0.997. The number of benzene rings is 4. The smallest absolute Gasteiger partial charge is 0.141 e. The van der Waals surface area contributed by atoms with Crippen molar-refractivity contribution < 1.29 is 5.11 Å². The van der Waals surface area contributed by atoms with E-state index >= 15 is 0 Å². The van der Waals surface area contributed by atoms with E-state index in [0.717, 1.165) is 37.9 Å². The van der Waals surface area contributed by atoms with Gasteiger partial charge >= 0.3 is 0 Å². The zero-order valence-corrected chi connectivity index (χ0v) is 18.3. The van der Waals surface area contributed by atoms with Crippen LogP contribution in [0.3, 0.4) is 0 Å². The maximum absolute atomic E-state index is 12.3. The van der Waals surface area contributed by atoms with Gasteiger partial charge in [0.1, 0.15) is 5.60 Å². The highest BCUT2D eigenvalue weighted by atomic mass is 79.9. The Morgan fingerprint density at radius 3 is 1.90 bits per heavy atom. The maximum atomic E-state index is 12.3. The Labute approximate surface area is 184 Å². The quantitative estimate of drug-likeness (QED) is 0.313. The zero-order chi connectivity index (χ0) is 20.4. The van der Waals surface area contributed by atoms with Crippen LogP contribution in [-0.4, -0.2) is 5.11 Å². The first-order valence-corrected chi connectivity index (χ1v) is 10.6. The third-order valence-corrected chi connectivity index (χ3v) is 5.80. The molecular formula is C26H20BrClO. The standard InChI is InChI=1S/C26H20BrClO/c1-18-14-19(16-22(27)15-18)24-13-12-23(28)17-25(24)26(29,20-8-4-2-5-9-20)21-10-6-3-7-11-21/h2-17,29H,1H3. The summed E-state index contributed by atoms with van der Waals surface area (Å²) in [5, 5.41) is 12.8. The summed E-state index contributed by atoms with van der Waals surface area (Å²) in [5.41, 5.74) is 4.09. The minimum Gasteiger partial charge on any atom is -0.376 e. The third kappa shape index (κ3) is 3.89. The Balaban J connectivity index is 2.05. The number of hydrogen-bond acceptors (Lipinski definition) is 1. The molecule has 0 aliphatic carbocycles. The van der Waals surface area contributed by atoms with Crippen LogP contribution in [0.1, 0.15) is 22.3 Å². The molecule has 3 heteroatoms. The molecule has 0 atom stereocenters. The molecule has 0 radical (unpaired) electrons. The fraction of sp³-hybridized carbons (Fsp3) is 0.0769. The molecule has 0 aromatic heterocycles. The molecule has 144 valence electrons. The first-order valence-electron chi connectivity index (χ1n) is 9.39. The van der Waals surface area contributed by atoms with E-state index in [1.54, 1.807) is 0 Å². The van der Waals surface area contributed by atoms with Crippen molar-refractivity contribution in [1.29, 1.82) is 0 Å². The monoisotopic (exact) mass is 462 g/mol. The molecule has 0 aliphatic heterocycles. The van der Waals surface area contributed by atoms with E-state index in [2.05, 4.69) is 41.1 Å². The Morgan fingerprint density at radius 1 is 0.759 bits per heavy atom. The predicted molar refractivity (Wildman–Crippen MR) is 124 cm³/mol. The number of hydrogen-bond donors (Lipinski definition) is 1. The van der Waals surface area contributed by atoms with E-state index in [0.29, 0.717) is 5.02 Å². The number of halogens is 2. The molecule has 0 fully saturated rings. The molecule has 0 saturated carbocycles. The van der Waals surface area contributed by atoms with Gasteiger partial charge in [-0.1, -0.05) is 100 Å². The molecule has 0 unspecified atom stereocenters. The van der Waals surface area contributed by atoms with Crippen LogP contribution in [-0.2, 0) is 5.60 Å². The molecule has 0 amide bonds. The van der Waals surface area contributed by atoms with Crippen molar-refractivity contribution >= 4 is 27.5 Å². The highest BCUT2D eigenvalue weighted by Crippen LogP contribution is 2.43. The molecule has 1 N–H and O–H groups in total. The highest BCUT2D eigenvalue weighted by molar-refractivity contribution is 9.10. The van der Waals surface area contributed by atoms with Crippen LogP contribution in [0, 0.1) is 6.92 Å². The Morgan fingerprint density at radius 2 is 1.34 bits per heavy atom. The summed E-state index contributed by atoms with van der Waals surface area (Å²) in [5.74, 6) is 0. The molecule has 0 spiro atoms. The predicted octanol–water partition coefficient (Wildman–Crippen LogP) is 7.36. The van der Waals surface area contributed by atoms with E-state index in [9.17, 15) is 5.11 Å². The first kappa shape index (κ1) is 19.9. The topological polar surface area (TPSA) is 20.2 Å². The summed E-state index contributed by atoms with van der Waals surface area (Å²) in [4.78, 5) is 0. The first-order chi connectivity index (χ1) is 14.0. The molecule has 1 nitrogen and oxygen atoms in total. The Hall–Kier alpha value is -2.39. The fourth-order valence-electron chi connectivity index (χ4n) is 3.80. The number of aliphatic hydroxyl groups is 1. The number of aryl methyl sites for hydroxylation is 1. The molecule has 0 heterocycles. The van der Waals surface area contributed by atoms with Crippen molar-refractivity contribution in [2.75, 3.05) is 0 Å². The van der Waals surface area contributed by atoms with Crippen molar-refractivity contribution in [2.24, 2.45) is 0 Å². The minimum atomic E-state index is -1.35. The molecule has 4 aromatic rings. The molecule has 0 bridgehead atoms. The van der Waals surface area contributed by atoms with E-state index in [4.69, 9.17) is 11.6 Å². The molecule has 29 heavy (non-hydrogen) atoms. The minimum absolute atomic E-state index is 0.584. The number of rotatable bonds is 4. The zero-order valence-electron chi connectivity index (χ0n) is 15.9. The lowest BCUT2D eigenvalue weighted by Gasteiger charge is -2.32. The normalized spacial score (nSPS) is 11.4. The molecule has 0 saturated heterocycles. The van der Waals surface area contributed by atoms with E-state index in [-0.39, 0.29) is 0 Å². The third-order valence-electron chi connectivity index (χ3n) is 5.11. The molecule has 4 rings (SSSR count). The van der Waals surface area contributed by atoms with Gasteiger partial charge in [0.2, 0.25) is 0 Å². The second-order valence-electron chi connectivity index (χ2n) is 7.15. The van der Waals surface area contributed by atoms with Crippen molar-refractivity contribution in [3.63, 3.8) is 0 Å².